The second kappa shape index (κ2) is 3.82. The van der Waals surface area contributed by atoms with Crippen molar-refractivity contribution in [2.75, 3.05) is 5.73 Å². The highest BCUT2D eigenvalue weighted by Crippen LogP contribution is 2.30. The number of aromatic nitrogens is 2. The molecule has 0 atom stereocenters. The van der Waals surface area contributed by atoms with Crippen molar-refractivity contribution in [2.24, 2.45) is 0 Å². The number of nitrogens with zero attached hydrogens (tertiary/aromatic N) is 2. The summed E-state index contributed by atoms with van der Waals surface area (Å²) in [5, 5.41) is 12.2. The van der Waals surface area contributed by atoms with Gasteiger partial charge in [-0.1, -0.05) is 17.7 Å². The fourth-order valence-corrected chi connectivity index (χ4v) is 1.32. The minimum Gasteiger partial charge on any atom is -0.475 e. The number of hydrogen-bond donors (Lipinski definition) is 2. The highest BCUT2D eigenvalue weighted by atomic mass is 35.5. The lowest BCUT2D eigenvalue weighted by Gasteiger charge is -2.01. The highest BCUT2D eigenvalue weighted by Gasteiger charge is 2.16. The fourth-order valence-electron chi connectivity index (χ4n) is 1.14. The van der Waals surface area contributed by atoms with Gasteiger partial charge in [-0.25, -0.2) is 4.79 Å². The third-order valence-corrected chi connectivity index (χ3v) is 2.23. The Morgan fingerprint density at radius 2 is 2.25 bits per heavy atom. The Bertz CT molecular complexity index is 553. The number of carboxylic acids is 1. The molecule has 0 aliphatic rings. The van der Waals surface area contributed by atoms with Crippen LogP contribution in [0.5, 0.6) is 0 Å². The molecule has 3 N–H and O–H groups in total. The fraction of sp³-hybridized carbons (Fsp3) is 0. The van der Waals surface area contributed by atoms with E-state index in [4.69, 9.17) is 27.0 Å². The Kier molecular flexibility index (Phi) is 2.49. The number of carbonyl (C=O) groups is 1. The molecular weight excluding hydrogens is 234 g/mol. The van der Waals surface area contributed by atoms with Crippen molar-refractivity contribution in [3.63, 3.8) is 0 Å². The van der Waals surface area contributed by atoms with Gasteiger partial charge in [0.2, 0.25) is 0 Å². The van der Waals surface area contributed by atoms with Gasteiger partial charge in [-0.3, -0.25) is 0 Å². The van der Waals surface area contributed by atoms with E-state index >= 15 is 0 Å². The third kappa shape index (κ3) is 1.70. The van der Waals surface area contributed by atoms with Crippen LogP contribution in [0.3, 0.4) is 0 Å². The van der Waals surface area contributed by atoms with Gasteiger partial charge in [-0.15, -0.1) is 0 Å². The number of nitrogens with two attached hydrogens (primary N) is 1. The molecule has 0 amide bonds. The van der Waals surface area contributed by atoms with E-state index in [-0.39, 0.29) is 11.6 Å². The van der Waals surface area contributed by atoms with Crippen molar-refractivity contribution in [3.05, 3.63) is 29.0 Å². The van der Waals surface area contributed by atoms with Crippen LogP contribution in [0, 0.1) is 0 Å². The zero-order valence-corrected chi connectivity index (χ0v) is 8.60. The molecule has 2 aromatic rings. The number of halogens is 1. The van der Waals surface area contributed by atoms with Crippen LogP contribution < -0.4 is 5.73 Å². The van der Waals surface area contributed by atoms with Crippen LogP contribution in [0.4, 0.5) is 5.69 Å². The highest BCUT2D eigenvalue weighted by molar-refractivity contribution is 6.33. The van der Waals surface area contributed by atoms with E-state index in [2.05, 4.69) is 10.1 Å². The van der Waals surface area contributed by atoms with Crippen molar-refractivity contribution >= 4 is 23.3 Å². The first-order valence-electron chi connectivity index (χ1n) is 4.21. The van der Waals surface area contributed by atoms with E-state index in [1.165, 1.54) is 0 Å². The summed E-state index contributed by atoms with van der Waals surface area (Å²) in [6, 6.07) is 4.87. The first-order valence-corrected chi connectivity index (χ1v) is 4.58. The van der Waals surface area contributed by atoms with Crippen molar-refractivity contribution in [1.29, 1.82) is 0 Å². The predicted octanol–water partition coefficient (Wildman–Crippen LogP) is 1.67. The minimum absolute atomic E-state index is 0.0254. The quantitative estimate of drug-likeness (QED) is 0.773. The molecule has 7 heteroatoms. The molecular formula is C9H6ClN3O3. The summed E-state index contributed by atoms with van der Waals surface area (Å²) in [4.78, 5) is 14.2. The third-order valence-electron chi connectivity index (χ3n) is 1.90. The maximum absolute atomic E-state index is 10.6. The number of benzene rings is 1. The van der Waals surface area contributed by atoms with Crippen LogP contribution in [-0.2, 0) is 0 Å². The monoisotopic (exact) mass is 239 g/mol. The second-order valence-corrected chi connectivity index (χ2v) is 3.34. The smallest absolute Gasteiger partial charge is 0.377 e. The van der Waals surface area contributed by atoms with Gasteiger partial charge in [0.1, 0.15) is 0 Å². The molecule has 1 aromatic heterocycles. The Morgan fingerprint density at radius 3 is 2.88 bits per heavy atom. The maximum Gasteiger partial charge on any atom is 0.377 e. The molecule has 0 aliphatic heterocycles. The first-order chi connectivity index (χ1) is 7.59. The van der Waals surface area contributed by atoms with Crippen molar-refractivity contribution in [2.45, 2.75) is 0 Å². The van der Waals surface area contributed by atoms with Gasteiger partial charge in [0, 0.05) is 0 Å². The molecule has 1 aromatic carbocycles. The molecule has 0 spiro atoms. The van der Waals surface area contributed by atoms with Gasteiger partial charge in [0.25, 0.3) is 11.7 Å². The molecule has 16 heavy (non-hydrogen) atoms. The number of hydrogen-bond acceptors (Lipinski definition) is 5. The maximum atomic E-state index is 10.6. The summed E-state index contributed by atoms with van der Waals surface area (Å²) in [7, 11) is 0. The first kappa shape index (κ1) is 10.4. The van der Waals surface area contributed by atoms with Crippen LogP contribution in [0.15, 0.2) is 22.7 Å². The van der Waals surface area contributed by atoms with Crippen molar-refractivity contribution in [1.82, 2.24) is 10.1 Å². The molecule has 0 bridgehead atoms. The summed E-state index contributed by atoms with van der Waals surface area (Å²) < 4.78 is 4.77. The van der Waals surface area contributed by atoms with Crippen LogP contribution in [-0.4, -0.2) is 21.2 Å². The molecule has 0 radical (unpaired) electrons. The molecule has 0 saturated carbocycles. The Morgan fingerprint density at radius 1 is 1.50 bits per heavy atom. The molecule has 0 unspecified atom stereocenters. The molecule has 0 aliphatic carbocycles. The molecule has 82 valence electrons. The summed E-state index contributed by atoms with van der Waals surface area (Å²) in [6.07, 6.45) is 0. The van der Waals surface area contributed by atoms with E-state index < -0.39 is 11.8 Å². The van der Waals surface area contributed by atoms with E-state index in [9.17, 15) is 4.79 Å². The van der Waals surface area contributed by atoms with Crippen LogP contribution in [0.1, 0.15) is 10.6 Å². The second-order valence-electron chi connectivity index (χ2n) is 2.93. The van der Waals surface area contributed by atoms with Gasteiger partial charge >= 0.3 is 5.97 Å². The van der Waals surface area contributed by atoms with Gasteiger partial charge in [0.15, 0.2) is 0 Å². The lowest BCUT2D eigenvalue weighted by atomic mass is 10.2. The number of anilines is 1. The average molecular weight is 240 g/mol. The van der Waals surface area contributed by atoms with Gasteiger partial charge < -0.3 is 15.4 Å². The number of rotatable bonds is 2. The summed E-state index contributed by atoms with van der Waals surface area (Å²) >= 11 is 5.80. The van der Waals surface area contributed by atoms with Crippen LogP contribution in [0.25, 0.3) is 11.5 Å². The normalized spacial score (nSPS) is 10.3. The zero-order chi connectivity index (χ0) is 11.7. The Hall–Kier alpha value is -2.08. The SMILES string of the molecule is Nc1c(Cl)cccc1-c1nc(C(=O)O)no1. The lowest BCUT2D eigenvalue weighted by molar-refractivity contribution is 0.0680. The Balaban J connectivity index is 2.50. The number of carboxylic acid groups (broad SMARTS) is 1. The summed E-state index contributed by atoms with van der Waals surface area (Å²) in [5.41, 5.74) is 6.37. The molecule has 0 saturated heterocycles. The molecule has 6 nitrogen and oxygen atoms in total. The van der Waals surface area contributed by atoms with E-state index in [1.54, 1.807) is 18.2 Å². The molecule has 2 rings (SSSR count). The van der Waals surface area contributed by atoms with E-state index in [0.29, 0.717) is 10.6 Å². The average Bonchev–Trinajstić information content (AvgIpc) is 2.71. The lowest BCUT2D eigenvalue weighted by Crippen LogP contribution is -1.98. The standard InChI is InChI=1S/C9H6ClN3O3/c10-5-3-1-2-4(6(5)11)8-12-7(9(14)15)13-16-8/h1-3H,11H2,(H,14,15). The zero-order valence-electron chi connectivity index (χ0n) is 7.85. The Labute approximate surface area is 94.6 Å². The van der Waals surface area contributed by atoms with E-state index in [1.807, 2.05) is 0 Å². The number of aromatic carboxylic acids is 1. The summed E-state index contributed by atoms with van der Waals surface area (Å²) in [5.74, 6) is -1.66. The van der Waals surface area contributed by atoms with E-state index in [0.717, 1.165) is 0 Å². The number of nitrogen functional groups attached to an aromatic ring is 1. The van der Waals surface area contributed by atoms with Crippen LogP contribution >= 0.6 is 11.6 Å². The van der Waals surface area contributed by atoms with Crippen molar-refractivity contribution in [3.8, 4) is 11.5 Å². The topological polar surface area (TPSA) is 102 Å². The van der Waals surface area contributed by atoms with Gasteiger partial charge in [-0.2, -0.15) is 4.98 Å². The summed E-state index contributed by atoms with van der Waals surface area (Å²) in [6.45, 7) is 0. The number of para-hydroxylation sites is 1. The van der Waals surface area contributed by atoms with Crippen LogP contribution in [0.2, 0.25) is 5.02 Å². The predicted molar refractivity (Wildman–Crippen MR) is 56.1 cm³/mol. The van der Waals surface area contributed by atoms with Gasteiger partial charge in [0.05, 0.1) is 16.3 Å². The van der Waals surface area contributed by atoms with Gasteiger partial charge in [-0.05, 0) is 17.3 Å². The van der Waals surface area contributed by atoms with Crippen molar-refractivity contribution < 1.29 is 14.4 Å². The molecule has 0 fully saturated rings. The largest absolute Gasteiger partial charge is 0.475 e. The molecule has 1 heterocycles. The minimum atomic E-state index is -1.27.